The van der Waals surface area contributed by atoms with Gasteiger partial charge in [0.25, 0.3) is 0 Å². The molecule has 0 unspecified atom stereocenters. The molecule has 0 fully saturated rings. The van der Waals surface area contributed by atoms with Crippen LogP contribution in [0.4, 0.5) is 5.95 Å². The predicted octanol–water partition coefficient (Wildman–Crippen LogP) is 2.58. The van der Waals surface area contributed by atoms with Gasteiger partial charge >= 0.3 is 0 Å². The summed E-state index contributed by atoms with van der Waals surface area (Å²) >= 11 is 4.40. The zero-order valence-corrected chi connectivity index (χ0v) is 11.2. The van der Waals surface area contributed by atoms with Crippen LogP contribution in [0.25, 0.3) is 10.2 Å². The fraction of sp³-hybridized carbons (Fsp3) is 0.111. The smallest absolute Gasteiger partial charge is 0.222 e. The van der Waals surface area contributed by atoms with Gasteiger partial charge in [-0.05, 0) is 41.7 Å². The second-order valence-corrected chi connectivity index (χ2v) is 6.12. The number of nitrogen functional groups attached to an aromatic ring is 1. The number of rotatable bonds is 2. The fourth-order valence-electron chi connectivity index (χ4n) is 1.32. The van der Waals surface area contributed by atoms with Gasteiger partial charge < -0.3 is 5.73 Å². The highest BCUT2D eigenvalue weighted by Gasteiger charge is 2.11. The molecule has 17 heavy (non-hydrogen) atoms. The average molecular weight is 281 g/mol. The highest BCUT2D eigenvalue weighted by Crippen LogP contribution is 2.34. The maximum atomic E-state index is 5.68. The van der Waals surface area contributed by atoms with Crippen LogP contribution in [0, 0.1) is 6.92 Å². The second-order valence-electron chi connectivity index (χ2n) is 3.24. The Bertz CT molecular complexity index is 674. The number of aryl methyl sites for hydroxylation is 1. The summed E-state index contributed by atoms with van der Waals surface area (Å²) in [5.74, 6) is 1.07. The topological polar surface area (TPSA) is 77.6 Å². The van der Waals surface area contributed by atoms with Crippen molar-refractivity contribution in [1.82, 2.24) is 19.3 Å². The van der Waals surface area contributed by atoms with Crippen molar-refractivity contribution in [2.45, 2.75) is 16.3 Å². The van der Waals surface area contributed by atoms with Gasteiger partial charge in [-0.1, -0.05) is 0 Å². The number of hydrogen-bond acceptors (Lipinski definition) is 8. The molecular weight excluding hydrogens is 274 g/mol. The van der Waals surface area contributed by atoms with E-state index < -0.39 is 0 Å². The van der Waals surface area contributed by atoms with Crippen molar-refractivity contribution in [1.29, 1.82) is 0 Å². The van der Waals surface area contributed by atoms with Crippen LogP contribution in [0.5, 0.6) is 0 Å². The molecule has 3 aromatic heterocycles. The molecule has 0 aliphatic carbocycles. The van der Waals surface area contributed by atoms with E-state index >= 15 is 0 Å². The van der Waals surface area contributed by atoms with Gasteiger partial charge in [0.1, 0.15) is 15.7 Å². The zero-order valence-electron chi connectivity index (χ0n) is 8.75. The second kappa shape index (κ2) is 4.21. The van der Waals surface area contributed by atoms with E-state index in [9.17, 15) is 0 Å². The standard InChI is InChI=1S/C9H7N5S3/c1-4-11-9(17-14-4)16-7-5-2-3-15-6(5)12-8(10)13-7/h2-3H,1H3,(H2,10,12,13). The van der Waals surface area contributed by atoms with E-state index in [0.717, 1.165) is 25.4 Å². The summed E-state index contributed by atoms with van der Waals surface area (Å²) < 4.78 is 5.01. The molecule has 0 atom stereocenters. The third-order valence-electron chi connectivity index (χ3n) is 2.00. The Morgan fingerprint density at radius 2 is 2.18 bits per heavy atom. The van der Waals surface area contributed by atoms with Crippen LogP contribution in [0.15, 0.2) is 20.8 Å². The summed E-state index contributed by atoms with van der Waals surface area (Å²) in [4.78, 5) is 13.6. The van der Waals surface area contributed by atoms with E-state index in [2.05, 4.69) is 19.3 Å². The van der Waals surface area contributed by atoms with Crippen LogP contribution in [0.1, 0.15) is 5.82 Å². The van der Waals surface area contributed by atoms with Gasteiger partial charge in [0.2, 0.25) is 5.95 Å². The molecule has 0 spiro atoms. The molecule has 0 aromatic carbocycles. The summed E-state index contributed by atoms with van der Waals surface area (Å²) in [7, 11) is 0. The molecule has 8 heteroatoms. The fourth-order valence-corrected chi connectivity index (χ4v) is 3.84. The molecule has 0 radical (unpaired) electrons. The average Bonchev–Trinajstić information content (AvgIpc) is 2.87. The molecule has 3 rings (SSSR count). The normalized spacial score (nSPS) is 11.1. The molecule has 0 saturated heterocycles. The van der Waals surface area contributed by atoms with Gasteiger partial charge in [0.05, 0.1) is 0 Å². The first-order chi connectivity index (χ1) is 8.22. The van der Waals surface area contributed by atoms with Crippen LogP contribution in [0.2, 0.25) is 0 Å². The van der Waals surface area contributed by atoms with E-state index in [1.807, 2.05) is 18.4 Å². The molecule has 3 heterocycles. The Hall–Kier alpha value is -1.25. The lowest BCUT2D eigenvalue weighted by Gasteiger charge is -1.99. The Labute approximate surface area is 109 Å². The van der Waals surface area contributed by atoms with Crippen molar-refractivity contribution in [3.63, 3.8) is 0 Å². The van der Waals surface area contributed by atoms with Gasteiger partial charge in [0.15, 0.2) is 4.34 Å². The van der Waals surface area contributed by atoms with Crippen molar-refractivity contribution >= 4 is 50.8 Å². The summed E-state index contributed by atoms with van der Waals surface area (Å²) in [6.45, 7) is 1.87. The van der Waals surface area contributed by atoms with Crippen molar-refractivity contribution in [2.24, 2.45) is 0 Å². The zero-order chi connectivity index (χ0) is 11.8. The van der Waals surface area contributed by atoms with E-state index in [4.69, 9.17) is 5.73 Å². The minimum Gasteiger partial charge on any atom is -0.368 e. The molecule has 5 nitrogen and oxygen atoms in total. The first-order valence-electron chi connectivity index (χ1n) is 4.71. The van der Waals surface area contributed by atoms with E-state index in [1.165, 1.54) is 23.3 Å². The molecule has 0 amide bonds. The minimum atomic E-state index is 0.295. The lowest BCUT2D eigenvalue weighted by molar-refractivity contribution is 1.09. The Kier molecular flexibility index (Phi) is 2.69. The predicted molar refractivity (Wildman–Crippen MR) is 70.6 cm³/mol. The number of anilines is 1. The van der Waals surface area contributed by atoms with Crippen molar-refractivity contribution in [3.8, 4) is 0 Å². The highest BCUT2D eigenvalue weighted by molar-refractivity contribution is 8.01. The molecule has 0 aliphatic heterocycles. The molecule has 0 aliphatic rings. The summed E-state index contributed by atoms with van der Waals surface area (Å²) in [6, 6.07) is 2.00. The van der Waals surface area contributed by atoms with Gasteiger partial charge in [-0.2, -0.15) is 4.37 Å². The molecule has 2 N–H and O–H groups in total. The third-order valence-corrected chi connectivity index (χ3v) is 4.65. The maximum absolute atomic E-state index is 5.68. The number of nitrogens with zero attached hydrogens (tertiary/aromatic N) is 4. The first kappa shape index (κ1) is 10.9. The number of nitrogens with two attached hydrogens (primary N) is 1. The molecule has 0 saturated carbocycles. The summed E-state index contributed by atoms with van der Waals surface area (Å²) in [6.07, 6.45) is 0. The van der Waals surface area contributed by atoms with Gasteiger partial charge in [0, 0.05) is 5.39 Å². The lowest BCUT2D eigenvalue weighted by Crippen LogP contribution is -1.95. The van der Waals surface area contributed by atoms with Crippen LogP contribution in [-0.2, 0) is 0 Å². The maximum Gasteiger partial charge on any atom is 0.222 e. The van der Waals surface area contributed by atoms with Crippen molar-refractivity contribution < 1.29 is 0 Å². The first-order valence-corrected chi connectivity index (χ1v) is 7.18. The lowest BCUT2D eigenvalue weighted by atomic mass is 10.4. The van der Waals surface area contributed by atoms with Crippen LogP contribution < -0.4 is 5.73 Å². The van der Waals surface area contributed by atoms with Gasteiger partial charge in [-0.15, -0.1) is 11.3 Å². The summed E-state index contributed by atoms with van der Waals surface area (Å²) in [5.41, 5.74) is 5.68. The van der Waals surface area contributed by atoms with Crippen LogP contribution in [-0.4, -0.2) is 19.3 Å². The van der Waals surface area contributed by atoms with Gasteiger partial charge in [-0.25, -0.2) is 15.0 Å². The minimum absolute atomic E-state index is 0.295. The van der Waals surface area contributed by atoms with Gasteiger partial charge in [-0.3, -0.25) is 0 Å². The largest absolute Gasteiger partial charge is 0.368 e. The number of fused-ring (bicyclic) bond motifs is 1. The van der Waals surface area contributed by atoms with E-state index in [-0.39, 0.29) is 0 Å². The number of aromatic nitrogens is 4. The number of hydrogen-bond donors (Lipinski definition) is 1. The Morgan fingerprint density at radius 3 is 2.94 bits per heavy atom. The number of thiophene rings is 1. The Balaban J connectivity index is 2.07. The SMILES string of the molecule is Cc1nsc(Sc2nc(N)nc3sccc23)n1. The van der Waals surface area contributed by atoms with Crippen LogP contribution in [0.3, 0.4) is 0 Å². The molecule has 3 aromatic rings. The van der Waals surface area contributed by atoms with E-state index in [0.29, 0.717) is 5.95 Å². The summed E-state index contributed by atoms with van der Waals surface area (Å²) in [5, 5.41) is 3.83. The van der Waals surface area contributed by atoms with E-state index in [1.54, 1.807) is 11.3 Å². The molecule has 0 bridgehead atoms. The monoisotopic (exact) mass is 281 g/mol. The van der Waals surface area contributed by atoms with Crippen LogP contribution >= 0.6 is 34.6 Å². The molecule has 86 valence electrons. The quantitative estimate of drug-likeness (QED) is 0.727. The Morgan fingerprint density at radius 1 is 1.29 bits per heavy atom. The third kappa shape index (κ3) is 2.11. The highest BCUT2D eigenvalue weighted by atomic mass is 32.2. The van der Waals surface area contributed by atoms with Crippen molar-refractivity contribution in [2.75, 3.05) is 5.73 Å². The molecular formula is C9H7N5S3. The van der Waals surface area contributed by atoms with Crippen molar-refractivity contribution in [3.05, 3.63) is 17.3 Å².